The Balaban J connectivity index is 2.27. The highest BCUT2D eigenvalue weighted by molar-refractivity contribution is 9.11. The zero-order chi connectivity index (χ0) is 10.1. The van der Waals surface area contributed by atoms with Gasteiger partial charge in [-0.2, -0.15) is 5.10 Å². The Hall–Kier alpha value is -0.620. The second-order valence-electron chi connectivity index (χ2n) is 2.90. The van der Waals surface area contributed by atoms with Crippen molar-refractivity contribution in [2.75, 3.05) is 0 Å². The van der Waals surface area contributed by atoms with E-state index < -0.39 is 0 Å². The third-order valence-electron chi connectivity index (χ3n) is 1.91. The van der Waals surface area contributed by atoms with E-state index >= 15 is 0 Å². The van der Waals surface area contributed by atoms with Gasteiger partial charge in [0.25, 0.3) is 0 Å². The molecule has 0 aromatic carbocycles. The largest absolute Gasteiger partial charge is 0.336 e. The van der Waals surface area contributed by atoms with Gasteiger partial charge in [-0.25, -0.2) is 9.67 Å². The monoisotopic (exact) mass is 318 g/mol. The van der Waals surface area contributed by atoms with Crippen LogP contribution in [0.25, 0.3) is 0 Å². The third kappa shape index (κ3) is 1.90. The average molecular weight is 320 g/mol. The smallest absolute Gasteiger partial charge is 0.130 e. The molecule has 2 aromatic heterocycles. The molecule has 0 saturated carbocycles. The van der Waals surface area contributed by atoms with Gasteiger partial charge in [0.1, 0.15) is 21.6 Å². The fourth-order valence-electron chi connectivity index (χ4n) is 1.16. The number of aromatic nitrogens is 4. The molecule has 4 nitrogen and oxygen atoms in total. The molecule has 0 aliphatic heterocycles. The number of halogens is 2. The van der Waals surface area contributed by atoms with Gasteiger partial charge in [0, 0.05) is 25.5 Å². The number of imidazole rings is 1. The standard InChI is InChI=1S/C8H8Br2N4/c1-13-3-2-11-8(13)5-14-7(10)4-6(9)12-14/h2-4H,5H2,1H3. The average Bonchev–Trinajstić information content (AvgIpc) is 2.62. The maximum atomic E-state index is 4.26. The molecule has 2 heterocycles. The molecule has 0 bridgehead atoms. The first kappa shape index (κ1) is 9.92. The fourth-order valence-corrected chi connectivity index (χ4v) is 2.30. The van der Waals surface area contributed by atoms with E-state index in [0.717, 1.165) is 15.0 Å². The van der Waals surface area contributed by atoms with Crippen LogP contribution in [-0.2, 0) is 13.6 Å². The first-order valence-electron chi connectivity index (χ1n) is 4.02. The van der Waals surface area contributed by atoms with Crippen LogP contribution in [-0.4, -0.2) is 19.3 Å². The highest BCUT2D eigenvalue weighted by Crippen LogP contribution is 2.17. The topological polar surface area (TPSA) is 35.6 Å². The lowest BCUT2D eigenvalue weighted by Crippen LogP contribution is -2.07. The summed E-state index contributed by atoms with van der Waals surface area (Å²) in [7, 11) is 1.97. The highest BCUT2D eigenvalue weighted by atomic mass is 79.9. The van der Waals surface area contributed by atoms with Gasteiger partial charge >= 0.3 is 0 Å². The van der Waals surface area contributed by atoms with E-state index in [2.05, 4.69) is 41.9 Å². The summed E-state index contributed by atoms with van der Waals surface area (Å²) >= 11 is 6.74. The molecular formula is C8H8Br2N4. The first-order valence-corrected chi connectivity index (χ1v) is 5.60. The Kier molecular flexibility index (Phi) is 2.73. The van der Waals surface area contributed by atoms with Crippen molar-refractivity contribution in [3.05, 3.63) is 33.5 Å². The molecule has 14 heavy (non-hydrogen) atoms. The maximum absolute atomic E-state index is 4.26. The van der Waals surface area contributed by atoms with Crippen LogP contribution in [0.4, 0.5) is 0 Å². The van der Waals surface area contributed by atoms with Crippen molar-refractivity contribution < 1.29 is 0 Å². The predicted molar refractivity (Wildman–Crippen MR) is 59.9 cm³/mol. The molecule has 0 fully saturated rings. The van der Waals surface area contributed by atoms with Crippen molar-refractivity contribution in [1.29, 1.82) is 0 Å². The molecule has 2 aromatic rings. The molecule has 0 aliphatic carbocycles. The van der Waals surface area contributed by atoms with Crippen molar-refractivity contribution in [3.63, 3.8) is 0 Å². The SMILES string of the molecule is Cn1ccnc1Cn1nc(Br)cc1Br. The van der Waals surface area contributed by atoms with E-state index in [0.29, 0.717) is 6.54 Å². The van der Waals surface area contributed by atoms with E-state index in [1.807, 2.05) is 28.6 Å². The van der Waals surface area contributed by atoms with Crippen LogP contribution in [0.15, 0.2) is 27.7 Å². The molecule has 74 valence electrons. The van der Waals surface area contributed by atoms with E-state index in [9.17, 15) is 0 Å². The van der Waals surface area contributed by atoms with Crippen LogP contribution in [0, 0.1) is 0 Å². The van der Waals surface area contributed by atoms with Gasteiger partial charge in [0.2, 0.25) is 0 Å². The summed E-state index contributed by atoms with van der Waals surface area (Å²) in [5.41, 5.74) is 0. The molecule has 0 N–H and O–H groups in total. The summed E-state index contributed by atoms with van der Waals surface area (Å²) < 4.78 is 5.57. The second-order valence-corrected chi connectivity index (χ2v) is 4.53. The molecular weight excluding hydrogens is 312 g/mol. The van der Waals surface area contributed by atoms with Crippen LogP contribution >= 0.6 is 31.9 Å². The van der Waals surface area contributed by atoms with Gasteiger partial charge in [-0.15, -0.1) is 0 Å². The third-order valence-corrected chi connectivity index (χ3v) is 2.94. The Morgan fingerprint density at radius 1 is 1.43 bits per heavy atom. The minimum atomic E-state index is 0.662. The lowest BCUT2D eigenvalue weighted by atomic mass is 10.6. The minimum absolute atomic E-state index is 0.662. The molecule has 6 heteroatoms. The van der Waals surface area contributed by atoms with Crippen LogP contribution in [0.5, 0.6) is 0 Å². The maximum Gasteiger partial charge on any atom is 0.130 e. The van der Waals surface area contributed by atoms with E-state index in [1.54, 1.807) is 6.20 Å². The van der Waals surface area contributed by atoms with Crippen molar-refractivity contribution in [2.45, 2.75) is 6.54 Å². The normalized spacial score (nSPS) is 10.8. The van der Waals surface area contributed by atoms with Crippen molar-refractivity contribution in [2.24, 2.45) is 7.05 Å². The molecule has 0 spiro atoms. The summed E-state index contributed by atoms with van der Waals surface area (Å²) in [6.07, 6.45) is 3.70. The number of hydrogen-bond donors (Lipinski definition) is 0. The van der Waals surface area contributed by atoms with Crippen LogP contribution < -0.4 is 0 Å². The van der Waals surface area contributed by atoms with Crippen molar-refractivity contribution in [1.82, 2.24) is 19.3 Å². The Bertz CT molecular complexity index is 446. The Labute approximate surface area is 98.2 Å². The molecule has 0 atom stereocenters. The predicted octanol–water partition coefficient (Wildman–Crippen LogP) is 2.19. The van der Waals surface area contributed by atoms with Crippen LogP contribution in [0.3, 0.4) is 0 Å². The lowest BCUT2D eigenvalue weighted by molar-refractivity contribution is 0.617. The second kappa shape index (κ2) is 3.86. The van der Waals surface area contributed by atoms with Crippen LogP contribution in [0.2, 0.25) is 0 Å². The molecule has 0 aliphatic rings. The quantitative estimate of drug-likeness (QED) is 0.850. The Morgan fingerprint density at radius 2 is 2.21 bits per heavy atom. The van der Waals surface area contributed by atoms with Crippen LogP contribution in [0.1, 0.15) is 5.82 Å². The van der Waals surface area contributed by atoms with Gasteiger partial charge in [0.05, 0.1) is 0 Å². The fraction of sp³-hybridized carbons (Fsp3) is 0.250. The summed E-state index contributed by atoms with van der Waals surface area (Å²) in [6, 6.07) is 1.91. The van der Waals surface area contributed by atoms with Gasteiger partial charge < -0.3 is 4.57 Å². The molecule has 0 amide bonds. The number of aryl methyl sites for hydroxylation is 1. The highest BCUT2D eigenvalue weighted by Gasteiger charge is 2.06. The van der Waals surface area contributed by atoms with Gasteiger partial charge in [0.15, 0.2) is 0 Å². The number of nitrogens with zero attached hydrogens (tertiary/aromatic N) is 4. The zero-order valence-electron chi connectivity index (χ0n) is 7.48. The van der Waals surface area contributed by atoms with Gasteiger partial charge in [-0.1, -0.05) is 0 Å². The van der Waals surface area contributed by atoms with Crippen molar-refractivity contribution >= 4 is 31.9 Å². The van der Waals surface area contributed by atoms with Gasteiger partial charge in [-0.3, -0.25) is 0 Å². The lowest BCUT2D eigenvalue weighted by Gasteiger charge is -2.02. The molecule has 0 saturated heterocycles. The Morgan fingerprint density at radius 3 is 2.71 bits per heavy atom. The van der Waals surface area contributed by atoms with E-state index in [1.165, 1.54) is 0 Å². The zero-order valence-corrected chi connectivity index (χ0v) is 10.7. The van der Waals surface area contributed by atoms with Gasteiger partial charge in [-0.05, 0) is 31.9 Å². The van der Waals surface area contributed by atoms with E-state index in [-0.39, 0.29) is 0 Å². The number of rotatable bonds is 2. The summed E-state index contributed by atoms with van der Waals surface area (Å²) in [4.78, 5) is 4.23. The summed E-state index contributed by atoms with van der Waals surface area (Å²) in [5.74, 6) is 0.973. The summed E-state index contributed by atoms with van der Waals surface area (Å²) in [5, 5.41) is 4.26. The number of hydrogen-bond acceptors (Lipinski definition) is 2. The first-order chi connectivity index (χ1) is 6.66. The molecule has 0 radical (unpaired) electrons. The van der Waals surface area contributed by atoms with E-state index in [4.69, 9.17) is 0 Å². The summed E-state index contributed by atoms with van der Waals surface area (Å²) in [6.45, 7) is 0.662. The molecule has 2 rings (SSSR count). The molecule has 0 unspecified atom stereocenters. The van der Waals surface area contributed by atoms with Crippen molar-refractivity contribution in [3.8, 4) is 0 Å². The minimum Gasteiger partial charge on any atom is -0.336 e.